The third-order valence-corrected chi connectivity index (χ3v) is 6.33. The van der Waals surface area contributed by atoms with Crippen molar-refractivity contribution in [1.82, 2.24) is 4.90 Å². The third kappa shape index (κ3) is 2.69. The second kappa shape index (κ2) is 5.37. The molecule has 1 aromatic carbocycles. The lowest BCUT2D eigenvalue weighted by molar-refractivity contribution is 0.255. The lowest BCUT2D eigenvalue weighted by Crippen LogP contribution is -2.39. The Morgan fingerprint density at radius 2 is 1.90 bits per heavy atom. The SMILES string of the molecule is CCS(=O)(=O)c1ccc(NC2CCN3CCC2C3)cc1. The van der Waals surface area contributed by atoms with E-state index in [1.807, 2.05) is 12.1 Å². The molecule has 110 valence electrons. The van der Waals surface area contributed by atoms with Crippen molar-refractivity contribution in [2.24, 2.45) is 5.92 Å². The number of anilines is 1. The Hall–Kier alpha value is -1.07. The molecule has 2 bridgehead atoms. The first-order valence-corrected chi connectivity index (χ1v) is 9.05. The first-order chi connectivity index (χ1) is 9.58. The summed E-state index contributed by atoms with van der Waals surface area (Å²) in [7, 11) is -3.09. The van der Waals surface area contributed by atoms with Crippen molar-refractivity contribution >= 4 is 15.5 Å². The van der Waals surface area contributed by atoms with Crippen LogP contribution in [0.2, 0.25) is 0 Å². The van der Waals surface area contributed by atoms with Gasteiger partial charge in [-0.25, -0.2) is 8.42 Å². The average Bonchev–Trinajstić information content (AvgIpc) is 2.85. The first-order valence-electron chi connectivity index (χ1n) is 7.40. The third-order valence-electron chi connectivity index (χ3n) is 4.58. The van der Waals surface area contributed by atoms with E-state index in [1.165, 1.54) is 32.5 Å². The zero-order chi connectivity index (χ0) is 14.2. The molecule has 0 saturated carbocycles. The molecule has 3 atom stereocenters. The van der Waals surface area contributed by atoms with Crippen LogP contribution in [0.15, 0.2) is 29.2 Å². The van der Waals surface area contributed by atoms with Crippen LogP contribution in [0.1, 0.15) is 19.8 Å². The van der Waals surface area contributed by atoms with Crippen molar-refractivity contribution in [3.8, 4) is 0 Å². The Balaban J connectivity index is 1.69. The minimum Gasteiger partial charge on any atom is -0.382 e. The van der Waals surface area contributed by atoms with Crippen LogP contribution in [0.5, 0.6) is 0 Å². The normalized spacial score (nSPS) is 29.4. The molecule has 20 heavy (non-hydrogen) atoms. The summed E-state index contributed by atoms with van der Waals surface area (Å²) in [6, 6.07) is 7.74. The second-order valence-electron chi connectivity index (χ2n) is 5.82. The minimum absolute atomic E-state index is 0.153. The van der Waals surface area contributed by atoms with E-state index in [2.05, 4.69) is 10.2 Å². The Bertz CT molecular complexity index is 568. The van der Waals surface area contributed by atoms with Gasteiger partial charge in [0.15, 0.2) is 9.84 Å². The predicted molar refractivity (Wildman–Crippen MR) is 80.7 cm³/mol. The fraction of sp³-hybridized carbons (Fsp3) is 0.600. The number of sulfone groups is 1. The summed E-state index contributed by atoms with van der Waals surface area (Å²) in [4.78, 5) is 2.95. The molecule has 2 aliphatic rings. The summed E-state index contributed by atoms with van der Waals surface area (Å²) < 4.78 is 23.6. The summed E-state index contributed by atoms with van der Waals surface area (Å²) in [5.41, 5.74) is 1.03. The molecule has 1 N–H and O–H groups in total. The van der Waals surface area contributed by atoms with E-state index in [-0.39, 0.29) is 5.75 Å². The van der Waals surface area contributed by atoms with Gasteiger partial charge in [-0.2, -0.15) is 0 Å². The van der Waals surface area contributed by atoms with Gasteiger partial charge in [0, 0.05) is 24.8 Å². The second-order valence-corrected chi connectivity index (χ2v) is 8.09. The monoisotopic (exact) mass is 294 g/mol. The van der Waals surface area contributed by atoms with Gasteiger partial charge in [0.25, 0.3) is 0 Å². The van der Waals surface area contributed by atoms with Gasteiger partial charge in [-0.05, 0) is 49.6 Å². The average molecular weight is 294 g/mol. The fourth-order valence-corrected chi connectivity index (χ4v) is 4.16. The Morgan fingerprint density at radius 1 is 1.20 bits per heavy atom. The van der Waals surface area contributed by atoms with Crippen LogP contribution in [-0.2, 0) is 9.84 Å². The van der Waals surface area contributed by atoms with E-state index in [4.69, 9.17) is 0 Å². The van der Waals surface area contributed by atoms with Gasteiger partial charge in [0.05, 0.1) is 10.6 Å². The highest BCUT2D eigenvalue weighted by atomic mass is 32.2. The molecule has 1 aromatic rings. The van der Waals surface area contributed by atoms with Crippen LogP contribution < -0.4 is 5.32 Å². The molecular weight excluding hydrogens is 272 g/mol. The van der Waals surface area contributed by atoms with Crippen molar-refractivity contribution in [1.29, 1.82) is 0 Å². The van der Waals surface area contributed by atoms with Crippen LogP contribution in [0.25, 0.3) is 0 Å². The maximum Gasteiger partial charge on any atom is 0.178 e. The van der Waals surface area contributed by atoms with Gasteiger partial charge in [-0.15, -0.1) is 0 Å². The molecule has 0 spiro atoms. The van der Waals surface area contributed by atoms with E-state index in [9.17, 15) is 8.42 Å². The number of nitrogens with one attached hydrogen (secondary N) is 1. The number of hydrogen-bond donors (Lipinski definition) is 1. The molecule has 2 heterocycles. The summed E-state index contributed by atoms with van der Waals surface area (Å²) in [5.74, 6) is 0.892. The summed E-state index contributed by atoms with van der Waals surface area (Å²) in [6.07, 6.45) is 2.46. The smallest absolute Gasteiger partial charge is 0.178 e. The van der Waals surface area contributed by atoms with E-state index in [1.54, 1.807) is 19.1 Å². The molecular formula is C15H22N2O2S. The van der Waals surface area contributed by atoms with Crippen LogP contribution in [0.4, 0.5) is 5.69 Å². The Morgan fingerprint density at radius 3 is 2.60 bits per heavy atom. The van der Waals surface area contributed by atoms with Crippen LogP contribution in [0.3, 0.4) is 0 Å². The molecule has 4 nitrogen and oxygen atoms in total. The molecule has 5 heteroatoms. The molecule has 0 amide bonds. The molecule has 2 aliphatic heterocycles. The van der Waals surface area contributed by atoms with Gasteiger partial charge < -0.3 is 10.2 Å². The highest BCUT2D eigenvalue weighted by Crippen LogP contribution is 2.29. The van der Waals surface area contributed by atoms with E-state index in [0.717, 1.165) is 11.6 Å². The fourth-order valence-electron chi connectivity index (χ4n) is 3.28. The zero-order valence-electron chi connectivity index (χ0n) is 11.9. The number of fused-ring (bicyclic) bond motifs is 2. The van der Waals surface area contributed by atoms with Crippen LogP contribution in [0, 0.1) is 5.92 Å². The van der Waals surface area contributed by atoms with E-state index in [0.29, 0.717) is 10.9 Å². The van der Waals surface area contributed by atoms with E-state index >= 15 is 0 Å². The molecule has 3 unspecified atom stereocenters. The van der Waals surface area contributed by atoms with Crippen molar-refractivity contribution in [3.63, 3.8) is 0 Å². The topological polar surface area (TPSA) is 49.4 Å². The van der Waals surface area contributed by atoms with Crippen molar-refractivity contribution in [3.05, 3.63) is 24.3 Å². The van der Waals surface area contributed by atoms with Gasteiger partial charge in [0.2, 0.25) is 0 Å². The number of piperidine rings is 1. The molecule has 0 aliphatic carbocycles. The molecule has 0 aromatic heterocycles. The molecule has 2 saturated heterocycles. The lowest BCUT2D eigenvalue weighted by atomic mass is 9.94. The number of nitrogens with zero attached hydrogens (tertiary/aromatic N) is 1. The quantitative estimate of drug-likeness (QED) is 0.922. The first kappa shape index (κ1) is 13.9. The predicted octanol–water partition coefficient (Wildman–Crippen LogP) is 1.99. The molecule has 0 radical (unpaired) electrons. The number of hydrogen-bond acceptors (Lipinski definition) is 4. The summed E-state index contributed by atoms with van der Waals surface area (Å²) in [6.45, 7) is 5.29. The Labute approximate surface area is 121 Å². The van der Waals surface area contributed by atoms with Gasteiger partial charge in [-0.1, -0.05) is 6.92 Å². The molecule has 3 rings (SSSR count). The van der Waals surface area contributed by atoms with Crippen LogP contribution in [-0.4, -0.2) is 44.7 Å². The maximum absolute atomic E-state index is 11.8. The number of benzene rings is 1. The van der Waals surface area contributed by atoms with Gasteiger partial charge in [0.1, 0.15) is 0 Å². The highest BCUT2D eigenvalue weighted by molar-refractivity contribution is 7.91. The number of rotatable bonds is 4. The maximum atomic E-state index is 11.8. The lowest BCUT2D eigenvalue weighted by Gasteiger charge is -2.31. The van der Waals surface area contributed by atoms with Gasteiger partial charge >= 0.3 is 0 Å². The zero-order valence-corrected chi connectivity index (χ0v) is 12.7. The summed E-state index contributed by atoms with van der Waals surface area (Å²) in [5, 5.41) is 3.58. The van der Waals surface area contributed by atoms with Crippen LogP contribution >= 0.6 is 0 Å². The summed E-state index contributed by atoms with van der Waals surface area (Å²) >= 11 is 0. The van der Waals surface area contributed by atoms with Crippen molar-refractivity contribution in [2.45, 2.75) is 30.7 Å². The van der Waals surface area contributed by atoms with Crippen molar-refractivity contribution < 1.29 is 8.42 Å². The minimum atomic E-state index is -3.09. The van der Waals surface area contributed by atoms with Gasteiger partial charge in [-0.3, -0.25) is 0 Å². The standard InChI is InChI=1S/C15H22N2O2S/c1-2-20(18,19)14-5-3-13(4-6-14)16-15-8-10-17-9-7-12(15)11-17/h3-6,12,15-16H,2,7-11H2,1H3. The molecule has 2 fully saturated rings. The largest absolute Gasteiger partial charge is 0.382 e. The van der Waals surface area contributed by atoms with E-state index < -0.39 is 9.84 Å². The Kier molecular flexibility index (Phi) is 3.73. The highest BCUT2D eigenvalue weighted by Gasteiger charge is 2.34. The van der Waals surface area contributed by atoms with Crippen molar-refractivity contribution in [2.75, 3.05) is 30.7 Å².